The van der Waals surface area contributed by atoms with E-state index in [1.807, 2.05) is 28.8 Å². The molecule has 0 spiro atoms. The van der Waals surface area contributed by atoms with Crippen LogP contribution in [0.1, 0.15) is 25.7 Å². The second-order valence-electron chi connectivity index (χ2n) is 6.57. The fourth-order valence-corrected chi connectivity index (χ4v) is 4.60. The average Bonchev–Trinajstić information content (AvgIpc) is 2.83. The normalized spacial score (nSPS) is 22.9. The number of carbonyl (C=O) groups is 1. The van der Waals surface area contributed by atoms with Crippen molar-refractivity contribution in [1.29, 1.82) is 0 Å². The number of likely N-dealkylation sites (tertiary alicyclic amines) is 1. The fraction of sp³-hybridized carbons (Fsp3) is 0.611. The highest BCUT2D eigenvalue weighted by molar-refractivity contribution is 7.99. The number of nitrogens with one attached hydrogen (secondary N) is 1. The van der Waals surface area contributed by atoms with Gasteiger partial charge in [0.1, 0.15) is 0 Å². The molecule has 4 nitrogen and oxygen atoms in total. The maximum atomic E-state index is 12.8. The molecule has 2 saturated heterocycles. The van der Waals surface area contributed by atoms with Crippen LogP contribution in [0.15, 0.2) is 24.3 Å². The quantitative estimate of drug-likeness (QED) is 0.871. The van der Waals surface area contributed by atoms with Crippen LogP contribution < -0.4 is 5.32 Å². The third-order valence-electron chi connectivity index (χ3n) is 4.71. The highest BCUT2D eigenvalue weighted by atomic mass is 35.5. The smallest absolute Gasteiger partial charge is 0.319 e. The van der Waals surface area contributed by atoms with E-state index in [1.165, 1.54) is 32.4 Å². The van der Waals surface area contributed by atoms with Crippen LogP contribution in [0.3, 0.4) is 0 Å². The van der Waals surface area contributed by atoms with Gasteiger partial charge < -0.3 is 15.1 Å². The van der Waals surface area contributed by atoms with E-state index >= 15 is 0 Å². The largest absolute Gasteiger partial charge is 0.322 e. The fourth-order valence-electron chi connectivity index (χ4n) is 3.42. The Morgan fingerprint density at radius 2 is 1.88 bits per heavy atom. The van der Waals surface area contributed by atoms with E-state index in [4.69, 9.17) is 11.6 Å². The van der Waals surface area contributed by atoms with Crippen LogP contribution in [0.5, 0.6) is 0 Å². The number of thioether (sulfide) groups is 1. The van der Waals surface area contributed by atoms with E-state index in [2.05, 4.69) is 10.2 Å². The number of nitrogens with zero attached hydrogens (tertiary/aromatic N) is 2. The zero-order valence-electron chi connectivity index (χ0n) is 14.0. The lowest BCUT2D eigenvalue weighted by Gasteiger charge is -2.35. The highest BCUT2D eigenvalue weighted by Gasteiger charge is 2.28. The topological polar surface area (TPSA) is 35.6 Å². The Balaban J connectivity index is 1.64. The standard InChI is InChI=1S/C18H26ClN3OS/c19-15-5-7-16(8-6-15)20-18(23)22-11-4-12-24-14-17(22)13-21-9-2-1-3-10-21/h5-8,17H,1-4,9-14H2,(H,20,23). The van der Waals surface area contributed by atoms with Gasteiger partial charge in [-0.3, -0.25) is 0 Å². The third kappa shape index (κ3) is 5.04. The van der Waals surface area contributed by atoms with Crippen molar-refractivity contribution < 1.29 is 4.79 Å². The summed E-state index contributed by atoms with van der Waals surface area (Å²) in [6.07, 6.45) is 4.99. The average molecular weight is 368 g/mol. The second kappa shape index (κ2) is 8.97. The number of carbonyl (C=O) groups excluding carboxylic acids is 1. The summed E-state index contributed by atoms with van der Waals surface area (Å²) < 4.78 is 0. The molecule has 0 saturated carbocycles. The van der Waals surface area contributed by atoms with Crippen molar-refractivity contribution in [3.05, 3.63) is 29.3 Å². The Hall–Kier alpha value is -0.910. The lowest BCUT2D eigenvalue weighted by atomic mass is 10.1. The Labute approximate surface area is 153 Å². The minimum atomic E-state index is 0.0156. The van der Waals surface area contributed by atoms with E-state index < -0.39 is 0 Å². The van der Waals surface area contributed by atoms with Crippen LogP contribution in [0.2, 0.25) is 5.02 Å². The van der Waals surface area contributed by atoms with Gasteiger partial charge >= 0.3 is 6.03 Å². The van der Waals surface area contributed by atoms with Gasteiger partial charge in [-0.15, -0.1) is 0 Å². The SMILES string of the molecule is O=C(Nc1ccc(Cl)cc1)N1CCCSCC1CN1CCCCC1. The van der Waals surface area contributed by atoms with Gasteiger partial charge in [0.2, 0.25) is 0 Å². The van der Waals surface area contributed by atoms with E-state index in [-0.39, 0.29) is 6.03 Å². The first kappa shape index (κ1) is 17.9. The molecule has 1 aromatic carbocycles. The Morgan fingerprint density at radius 1 is 1.12 bits per heavy atom. The van der Waals surface area contributed by atoms with Crippen LogP contribution in [0.4, 0.5) is 10.5 Å². The summed E-state index contributed by atoms with van der Waals surface area (Å²) in [5.74, 6) is 2.17. The van der Waals surface area contributed by atoms with Crippen molar-refractivity contribution >= 4 is 35.1 Å². The third-order valence-corrected chi connectivity index (χ3v) is 6.16. The molecule has 3 rings (SSSR count). The minimum absolute atomic E-state index is 0.0156. The van der Waals surface area contributed by atoms with E-state index in [9.17, 15) is 4.79 Å². The first-order valence-electron chi connectivity index (χ1n) is 8.86. The number of hydrogen-bond donors (Lipinski definition) is 1. The van der Waals surface area contributed by atoms with Gasteiger partial charge in [0.05, 0.1) is 6.04 Å². The maximum absolute atomic E-state index is 12.8. The zero-order valence-corrected chi connectivity index (χ0v) is 15.6. The molecule has 1 atom stereocenters. The van der Waals surface area contributed by atoms with Gasteiger partial charge in [-0.25, -0.2) is 4.79 Å². The van der Waals surface area contributed by atoms with Crippen molar-refractivity contribution in [3.63, 3.8) is 0 Å². The van der Waals surface area contributed by atoms with E-state index in [0.29, 0.717) is 11.1 Å². The molecule has 1 unspecified atom stereocenters. The van der Waals surface area contributed by atoms with Crippen LogP contribution in [-0.2, 0) is 0 Å². The Bertz CT molecular complexity index is 534. The van der Waals surface area contributed by atoms with Crippen LogP contribution in [-0.4, -0.2) is 59.6 Å². The van der Waals surface area contributed by atoms with Gasteiger partial charge in [0.15, 0.2) is 0 Å². The monoisotopic (exact) mass is 367 g/mol. The van der Waals surface area contributed by atoms with E-state index in [1.54, 1.807) is 12.1 Å². The molecule has 2 aliphatic rings. The summed E-state index contributed by atoms with van der Waals surface area (Å²) in [7, 11) is 0. The summed E-state index contributed by atoms with van der Waals surface area (Å²) in [6.45, 7) is 4.19. The number of anilines is 1. The minimum Gasteiger partial charge on any atom is -0.319 e. The number of halogens is 1. The lowest BCUT2D eigenvalue weighted by Crippen LogP contribution is -2.50. The molecule has 24 heavy (non-hydrogen) atoms. The van der Waals surface area contributed by atoms with Gasteiger partial charge in [0.25, 0.3) is 0 Å². The van der Waals surface area contributed by atoms with Gasteiger partial charge in [-0.05, 0) is 62.4 Å². The van der Waals surface area contributed by atoms with Crippen molar-refractivity contribution in [2.45, 2.75) is 31.7 Å². The molecular formula is C18H26ClN3OS. The van der Waals surface area contributed by atoms with E-state index in [0.717, 1.165) is 36.7 Å². The number of piperidine rings is 1. The molecule has 0 aliphatic carbocycles. The molecule has 0 aromatic heterocycles. The first-order chi connectivity index (χ1) is 11.7. The highest BCUT2D eigenvalue weighted by Crippen LogP contribution is 2.21. The van der Waals surface area contributed by atoms with Crippen molar-refractivity contribution in [2.75, 3.05) is 43.0 Å². The molecule has 1 N–H and O–H groups in total. The molecule has 0 radical (unpaired) electrons. The predicted octanol–water partition coefficient (Wildman–Crippen LogP) is 4.17. The molecule has 0 bridgehead atoms. The molecule has 2 heterocycles. The second-order valence-corrected chi connectivity index (χ2v) is 8.16. The number of benzene rings is 1. The summed E-state index contributed by atoms with van der Waals surface area (Å²) in [5, 5.41) is 3.72. The number of amides is 2. The summed E-state index contributed by atoms with van der Waals surface area (Å²) in [5.41, 5.74) is 0.804. The molecule has 132 valence electrons. The van der Waals surface area contributed by atoms with Gasteiger partial charge in [-0.1, -0.05) is 18.0 Å². The van der Waals surface area contributed by atoms with Crippen molar-refractivity contribution in [3.8, 4) is 0 Å². The number of urea groups is 1. The summed E-state index contributed by atoms with van der Waals surface area (Å²) >= 11 is 7.89. The Morgan fingerprint density at radius 3 is 2.62 bits per heavy atom. The van der Waals surface area contributed by atoms with Crippen molar-refractivity contribution in [1.82, 2.24) is 9.80 Å². The maximum Gasteiger partial charge on any atom is 0.322 e. The molecular weight excluding hydrogens is 342 g/mol. The van der Waals surface area contributed by atoms with Gasteiger partial charge in [0, 0.05) is 29.6 Å². The molecule has 2 aliphatic heterocycles. The number of hydrogen-bond acceptors (Lipinski definition) is 3. The van der Waals surface area contributed by atoms with Crippen LogP contribution >= 0.6 is 23.4 Å². The van der Waals surface area contributed by atoms with Crippen LogP contribution in [0, 0.1) is 0 Å². The molecule has 6 heteroatoms. The van der Waals surface area contributed by atoms with Crippen LogP contribution in [0.25, 0.3) is 0 Å². The summed E-state index contributed by atoms with van der Waals surface area (Å²) in [4.78, 5) is 17.4. The van der Waals surface area contributed by atoms with Gasteiger partial charge in [-0.2, -0.15) is 11.8 Å². The molecule has 2 amide bonds. The number of rotatable bonds is 3. The van der Waals surface area contributed by atoms with Crippen molar-refractivity contribution in [2.24, 2.45) is 0 Å². The predicted molar refractivity (Wildman–Crippen MR) is 103 cm³/mol. The molecule has 2 fully saturated rings. The zero-order chi connectivity index (χ0) is 16.8. The first-order valence-corrected chi connectivity index (χ1v) is 10.4. The summed E-state index contributed by atoms with van der Waals surface area (Å²) in [6, 6.07) is 7.63. The molecule has 1 aromatic rings. The lowest BCUT2D eigenvalue weighted by molar-refractivity contribution is 0.151. The Kier molecular flexibility index (Phi) is 6.69.